The van der Waals surface area contributed by atoms with Gasteiger partial charge < -0.3 is 20.9 Å². The molecular formula is C23H32F3N5O4. The maximum absolute atomic E-state index is 13.5. The lowest BCUT2D eigenvalue weighted by Gasteiger charge is -2.36. The Morgan fingerprint density at radius 2 is 1.86 bits per heavy atom. The van der Waals surface area contributed by atoms with Crippen LogP contribution in [0.3, 0.4) is 0 Å². The second-order valence-electron chi connectivity index (χ2n) is 10.8. The van der Waals surface area contributed by atoms with Gasteiger partial charge in [-0.25, -0.2) is 0 Å². The molecule has 9 nitrogen and oxygen atoms in total. The average molecular weight is 500 g/mol. The number of carbonyl (C=O) groups excluding carboxylic acids is 4. The number of carbonyl (C=O) groups is 4. The van der Waals surface area contributed by atoms with Gasteiger partial charge in [0, 0.05) is 19.0 Å². The van der Waals surface area contributed by atoms with E-state index in [1.165, 1.54) is 25.7 Å². The quantitative estimate of drug-likeness (QED) is 0.506. The van der Waals surface area contributed by atoms with Crippen molar-refractivity contribution >= 4 is 23.6 Å². The first-order valence-corrected chi connectivity index (χ1v) is 11.9. The predicted octanol–water partition coefficient (Wildman–Crippen LogP) is 1.24. The molecule has 3 N–H and O–H groups in total. The number of nitriles is 1. The van der Waals surface area contributed by atoms with Crippen molar-refractivity contribution in [3.8, 4) is 6.07 Å². The SMILES string of the molecule is CC(C)(C)C(NC(=O)C(F)(F)F)C(=O)N1CC2CCCC2C1C(=O)NC(C#N)C[C@@H]1CCNC1=O. The van der Waals surface area contributed by atoms with Crippen LogP contribution in [0.15, 0.2) is 0 Å². The van der Waals surface area contributed by atoms with E-state index in [9.17, 15) is 37.6 Å². The maximum atomic E-state index is 13.5. The molecule has 3 rings (SSSR count). The summed E-state index contributed by atoms with van der Waals surface area (Å²) in [5.41, 5.74) is -1.05. The monoisotopic (exact) mass is 499 g/mol. The normalized spacial score (nSPS) is 28.0. The highest BCUT2D eigenvalue weighted by atomic mass is 19.4. The fraction of sp³-hybridized carbons (Fsp3) is 0.783. The summed E-state index contributed by atoms with van der Waals surface area (Å²) in [5.74, 6) is -4.29. The van der Waals surface area contributed by atoms with Crippen LogP contribution >= 0.6 is 0 Å². The van der Waals surface area contributed by atoms with Gasteiger partial charge in [-0.3, -0.25) is 19.2 Å². The predicted molar refractivity (Wildman–Crippen MR) is 117 cm³/mol. The molecule has 0 aromatic heterocycles. The summed E-state index contributed by atoms with van der Waals surface area (Å²) >= 11 is 0. The van der Waals surface area contributed by atoms with Crippen LogP contribution in [0.25, 0.3) is 0 Å². The van der Waals surface area contributed by atoms with E-state index in [0.717, 1.165) is 12.8 Å². The number of alkyl halides is 3. The molecule has 0 aromatic carbocycles. The Kier molecular flexibility index (Phi) is 7.67. The van der Waals surface area contributed by atoms with E-state index in [1.54, 1.807) is 0 Å². The van der Waals surface area contributed by atoms with Crippen molar-refractivity contribution in [1.29, 1.82) is 5.26 Å². The zero-order valence-corrected chi connectivity index (χ0v) is 20.1. The third-order valence-electron chi connectivity index (χ3n) is 7.24. The van der Waals surface area contributed by atoms with E-state index in [4.69, 9.17) is 0 Å². The Morgan fingerprint density at radius 3 is 2.40 bits per heavy atom. The first kappa shape index (κ1) is 26.8. The van der Waals surface area contributed by atoms with E-state index >= 15 is 0 Å². The van der Waals surface area contributed by atoms with Crippen LogP contribution < -0.4 is 16.0 Å². The van der Waals surface area contributed by atoms with Crippen molar-refractivity contribution in [2.24, 2.45) is 23.2 Å². The summed E-state index contributed by atoms with van der Waals surface area (Å²) < 4.78 is 38.8. The van der Waals surface area contributed by atoms with Gasteiger partial charge in [-0.15, -0.1) is 0 Å². The summed E-state index contributed by atoms with van der Waals surface area (Å²) in [6, 6.07) is -1.41. The molecule has 12 heteroatoms. The Bertz CT molecular complexity index is 910. The Labute approximate surface area is 202 Å². The molecule has 0 bridgehead atoms. The molecule has 5 unspecified atom stereocenters. The molecule has 2 aliphatic heterocycles. The van der Waals surface area contributed by atoms with Gasteiger partial charge in [0.2, 0.25) is 17.7 Å². The fourth-order valence-corrected chi connectivity index (χ4v) is 5.45. The smallest absolute Gasteiger partial charge is 0.356 e. The second-order valence-corrected chi connectivity index (χ2v) is 10.8. The molecule has 35 heavy (non-hydrogen) atoms. The van der Waals surface area contributed by atoms with Crippen molar-refractivity contribution in [3.05, 3.63) is 0 Å². The molecule has 3 fully saturated rings. The summed E-state index contributed by atoms with van der Waals surface area (Å²) in [6.07, 6.45) is -2.17. The second kappa shape index (κ2) is 10.0. The van der Waals surface area contributed by atoms with Gasteiger partial charge in [-0.05, 0) is 42.9 Å². The van der Waals surface area contributed by atoms with Gasteiger partial charge in [0.25, 0.3) is 0 Å². The summed E-state index contributed by atoms with van der Waals surface area (Å²) in [4.78, 5) is 51.7. The Morgan fingerprint density at radius 1 is 1.17 bits per heavy atom. The van der Waals surface area contributed by atoms with Crippen LogP contribution in [0.2, 0.25) is 0 Å². The minimum Gasteiger partial charge on any atom is -0.356 e. The van der Waals surface area contributed by atoms with E-state index < -0.39 is 53.4 Å². The maximum Gasteiger partial charge on any atom is 0.471 e. The van der Waals surface area contributed by atoms with E-state index in [2.05, 4.69) is 10.6 Å². The number of fused-ring (bicyclic) bond motifs is 1. The molecule has 2 saturated heterocycles. The summed E-state index contributed by atoms with van der Waals surface area (Å²) in [6.45, 7) is 5.31. The molecule has 2 heterocycles. The van der Waals surface area contributed by atoms with Gasteiger partial charge in [0.15, 0.2) is 0 Å². The molecule has 3 aliphatic rings. The first-order valence-electron chi connectivity index (χ1n) is 11.9. The summed E-state index contributed by atoms with van der Waals surface area (Å²) in [7, 11) is 0. The third kappa shape index (κ3) is 5.87. The van der Waals surface area contributed by atoms with Crippen molar-refractivity contribution < 1.29 is 32.3 Å². The molecule has 1 saturated carbocycles. The molecule has 0 radical (unpaired) electrons. The highest BCUT2D eigenvalue weighted by Crippen LogP contribution is 2.43. The lowest BCUT2D eigenvalue weighted by molar-refractivity contribution is -0.176. The minimum atomic E-state index is -5.16. The van der Waals surface area contributed by atoms with Crippen LogP contribution in [0.1, 0.15) is 52.9 Å². The molecule has 6 atom stereocenters. The van der Waals surface area contributed by atoms with Crippen LogP contribution in [0, 0.1) is 34.5 Å². The number of hydrogen-bond acceptors (Lipinski definition) is 5. The number of amides is 4. The Hall–Kier alpha value is -2.84. The number of rotatable bonds is 6. The number of hydrogen-bond donors (Lipinski definition) is 3. The number of likely N-dealkylation sites (tertiary alicyclic amines) is 1. The van der Waals surface area contributed by atoms with Crippen molar-refractivity contribution in [3.63, 3.8) is 0 Å². The molecule has 1 aliphatic carbocycles. The van der Waals surface area contributed by atoms with Crippen LogP contribution in [0.4, 0.5) is 13.2 Å². The number of halogens is 3. The van der Waals surface area contributed by atoms with Gasteiger partial charge >= 0.3 is 12.1 Å². The van der Waals surface area contributed by atoms with Crippen molar-refractivity contribution in [1.82, 2.24) is 20.9 Å². The molecule has 194 valence electrons. The lowest BCUT2D eigenvalue weighted by atomic mass is 9.85. The highest BCUT2D eigenvalue weighted by Gasteiger charge is 2.53. The van der Waals surface area contributed by atoms with Gasteiger partial charge in [0.1, 0.15) is 18.1 Å². The molecule has 0 aromatic rings. The van der Waals surface area contributed by atoms with Crippen LogP contribution in [-0.2, 0) is 19.2 Å². The highest BCUT2D eigenvalue weighted by molar-refractivity contribution is 5.94. The lowest BCUT2D eigenvalue weighted by Crippen LogP contribution is -2.60. The van der Waals surface area contributed by atoms with Crippen LogP contribution in [-0.4, -0.2) is 65.9 Å². The van der Waals surface area contributed by atoms with Gasteiger partial charge in [-0.1, -0.05) is 27.2 Å². The Balaban J connectivity index is 1.81. The summed E-state index contributed by atoms with van der Waals surface area (Å²) in [5, 5.41) is 16.7. The zero-order valence-electron chi connectivity index (χ0n) is 20.1. The van der Waals surface area contributed by atoms with E-state index in [1.807, 2.05) is 11.4 Å². The van der Waals surface area contributed by atoms with Crippen molar-refractivity contribution in [2.45, 2.75) is 77.2 Å². The fourth-order valence-electron chi connectivity index (χ4n) is 5.45. The van der Waals surface area contributed by atoms with E-state index in [0.29, 0.717) is 19.4 Å². The number of nitrogens with zero attached hydrogens (tertiary/aromatic N) is 2. The largest absolute Gasteiger partial charge is 0.471 e. The van der Waals surface area contributed by atoms with Crippen LogP contribution in [0.5, 0.6) is 0 Å². The van der Waals surface area contributed by atoms with Gasteiger partial charge in [0.05, 0.1) is 6.07 Å². The first-order chi connectivity index (χ1) is 16.2. The average Bonchev–Trinajstić information content (AvgIpc) is 3.45. The van der Waals surface area contributed by atoms with Gasteiger partial charge in [-0.2, -0.15) is 18.4 Å². The molecule has 4 amide bonds. The standard InChI is InChI=1S/C23H32F3N5O4/c1-22(2,3)17(30-21(35)23(24,25)26)20(34)31-11-13-5-4-6-15(13)16(31)19(33)29-14(10-27)9-12-7-8-28-18(12)32/h12-17H,4-9,11H2,1-3H3,(H,28,32)(H,29,33)(H,30,35)/t12-,13?,14?,15?,16?,17?/m0/s1. The molecule has 0 spiro atoms. The molecular weight excluding hydrogens is 467 g/mol. The van der Waals surface area contributed by atoms with E-state index in [-0.39, 0.29) is 30.7 Å². The number of nitrogens with one attached hydrogen (secondary N) is 3. The minimum absolute atomic E-state index is 0.00906. The third-order valence-corrected chi connectivity index (χ3v) is 7.24. The van der Waals surface area contributed by atoms with Crippen molar-refractivity contribution in [2.75, 3.05) is 13.1 Å². The zero-order chi connectivity index (χ0) is 26.1. The topological polar surface area (TPSA) is 131 Å².